The lowest BCUT2D eigenvalue weighted by atomic mass is 9.89. The lowest BCUT2D eigenvalue weighted by Crippen LogP contribution is -2.24. The van der Waals surface area contributed by atoms with E-state index in [2.05, 4.69) is 6.92 Å². The maximum absolute atomic E-state index is 10.1. The van der Waals surface area contributed by atoms with Gasteiger partial charge in [0.1, 0.15) is 5.75 Å². The van der Waals surface area contributed by atoms with Gasteiger partial charge in [-0.2, -0.15) is 0 Å². The van der Waals surface area contributed by atoms with Gasteiger partial charge in [-0.05, 0) is 45.2 Å². The first-order chi connectivity index (χ1) is 6.98. The highest BCUT2D eigenvalue weighted by molar-refractivity contribution is 5.44. The largest absolute Gasteiger partial charge is 0.490 e. The van der Waals surface area contributed by atoms with Crippen molar-refractivity contribution in [3.05, 3.63) is 29.3 Å². The van der Waals surface area contributed by atoms with E-state index in [0.29, 0.717) is 0 Å². The Bertz CT molecular complexity index is 363. The maximum Gasteiger partial charge on any atom is 0.123 e. The van der Waals surface area contributed by atoms with Crippen molar-refractivity contribution in [1.82, 2.24) is 0 Å². The minimum atomic E-state index is -0.782. The highest BCUT2D eigenvalue weighted by atomic mass is 16.5. The first-order valence-corrected chi connectivity index (χ1v) is 5.50. The number of hydrogen-bond acceptors (Lipinski definition) is 2. The third-order valence-corrected chi connectivity index (χ3v) is 2.92. The van der Waals surface area contributed by atoms with Crippen LogP contribution in [0.4, 0.5) is 0 Å². The van der Waals surface area contributed by atoms with Crippen LogP contribution >= 0.6 is 0 Å². The minimum absolute atomic E-state index is 0.287. The predicted molar refractivity (Wildman–Crippen MR) is 60.1 cm³/mol. The molecule has 1 aliphatic heterocycles. The topological polar surface area (TPSA) is 29.5 Å². The van der Waals surface area contributed by atoms with Gasteiger partial charge in [-0.15, -0.1) is 0 Å². The van der Waals surface area contributed by atoms with E-state index in [1.165, 1.54) is 5.56 Å². The summed E-state index contributed by atoms with van der Waals surface area (Å²) in [5, 5.41) is 10.1. The summed E-state index contributed by atoms with van der Waals surface area (Å²) >= 11 is 0. The number of hydrogen-bond donors (Lipinski definition) is 1. The molecule has 0 spiro atoms. The molecule has 0 aromatic heterocycles. The lowest BCUT2D eigenvalue weighted by Gasteiger charge is -2.29. The van der Waals surface area contributed by atoms with Crippen LogP contribution in [0.2, 0.25) is 0 Å². The van der Waals surface area contributed by atoms with E-state index in [-0.39, 0.29) is 6.10 Å². The molecule has 1 aliphatic rings. The molecule has 82 valence electrons. The fraction of sp³-hybridized carbons (Fsp3) is 0.538. The number of rotatable bonds is 1. The van der Waals surface area contributed by atoms with Crippen LogP contribution in [-0.2, 0) is 12.0 Å². The fourth-order valence-corrected chi connectivity index (χ4v) is 2.13. The number of benzene rings is 1. The molecule has 2 heteroatoms. The van der Waals surface area contributed by atoms with Gasteiger partial charge < -0.3 is 9.84 Å². The summed E-state index contributed by atoms with van der Waals surface area (Å²) in [6.07, 6.45) is 2.31. The first kappa shape index (κ1) is 10.5. The Kier molecular flexibility index (Phi) is 2.47. The van der Waals surface area contributed by atoms with E-state index < -0.39 is 5.60 Å². The summed E-state index contributed by atoms with van der Waals surface area (Å²) in [6, 6.07) is 5.92. The van der Waals surface area contributed by atoms with Gasteiger partial charge in [0.2, 0.25) is 0 Å². The molecule has 0 saturated heterocycles. The molecular formula is C13H18O2. The van der Waals surface area contributed by atoms with Crippen LogP contribution in [0.15, 0.2) is 18.2 Å². The molecule has 1 heterocycles. The molecular weight excluding hydrogens is 188 g/mol. The van der Waals surface area contributed by atoms with Crippen LogP contribution in [0.3, 0.4) is 0 Å². The molecule has 0 aliphatic carbocycles. The smallest absolute Gasteiger partial charge is 0.123 e. The molecule has 0 bridgehead atoms. The SMILES string of the molecule is CC1CCc2c(cccc2C(C)(C)O)O1. The Labute approximate surface area is 90.9 Å². The molecule has 1 atom stereocenters. The molecule has 15 heavy (non-hydrogen) atoms. The van der Waals surface area contributed by atoms with E-state index in [1.54, 1.807) is 0 Å². The van der Waals surface area contributed by atoms with Gasteiger partial charge in [-0.3, -0.25) is 0 Å². The zero-order valence-corrected chi connectivity index (χ0v) is 9.58. The van der Waals surface area contributed by atoms with E-state index in [4.69, 9.17) is 4.74 Å². The van der Waals surface area contributed by atoms with Crippen molar-refractivity contribution in [3.63, 3.8) is 0 Å². The third-order valence-electron chi connectivity index (χ3n) is 2.92. The van der Waals surface area contributed by atoms with Crippen LogP contribution < -0.4 is 4.74 Å². The normalized spacial score (nSPS) is 20.7. The van der Waals surface area contributed by atoms with Crippen LogP contribution in [0.25, 0.3) is 0 Å². The molecule has 1 N–H and O–H groups in total. The summed E-state index contributed by atoms with van der Waals surface area (Å²) in [4.78, 5) is 0. The van der Waals surface area contributed by atoms with Gasteiger partial charge in [-0.1, -0.05) is 12.1 Å². The predicted octanol–water partition coefficient (Wildman–Crippen LogP) is 2.63. The molecule has 2 rings (SSSR count). The standard InChI is InChI=1S/C13H18O2/c1-9-7-8-10-11(13(2,3)14)5-4-6-12(10)15-9/h4-6,9,14H,7-8H2,1-3H3. The van der Waals surface area contributed by atoms with Crippen LogP contribution in [0.1, 0.15) is 38.3 Å². The van der Waals surface area contributed by atoms with Crippen molar-refractivity contribution >= 4 is 0 Å². The minimum Gasteiger partial charge on any atom is -0.490 e. The summed E-state index contributed by atoms with van der Waals surface area (Å²) < 4.78 is 5.76. The molecule has 0 radical (unpaired) electrons. The van der Waals surface area contributed by atoms with E-state index in [0.717, 1.165) is 24.2 Å². The van der Waals surface area contributed by atoms with Crippen LogP contribution in [-0.4, -0.2) is 11.2 Å². The van der Waals surface area contributed by atoms with Crippen LogP contribution in [0, 0.1) is 0 Å². The van der Waals surface area contributed by atoms with E-state index >= 15 is 0 Å². The Morgan fingerprint density at radius 3 is 2.80 bits per heavy atom. The van der Waals surface area contributed by atoms with Gasteiger partial charge in [0.15, 0.2) is 0 Å². The summed E-state index contributed by atoms with van der Waals surface area (Å²) in [7, 11) is 0. The van der Waals surface area contributed by atoms with Gasteiger partial charge in [0.25, 0.3) is 0 Å². The second-order valence-electron chi connectivity index (χ2n) is 4.81. The number of fused-ring (bicyclic) bond motifs is 1. The average Bonchev–Trinajstić information content (AvgIpc) is 2.15. The second kappa shape index (κ2) is 3.53. The van der Waals surface area contributed by atoms with Crippen molar-refractivity contribution in [1.29, 1.82) is 0 Å². The monoisotopic (exact) mass is 206 g/mol. The van der Waals surface area contributed by atoms with Crippen molar-refractivity contribution in [2.75, 3.05) is 0 Å². The zero-order chi connectivity index (χ0) is 11.1. The Hall–Kier alpha value is -1.02. The van der Waals surface area contributed by atoms with E-state index in [9.17, 15) is 5.11 Å². The lowest BCUT2D eigenvalue weighted by molar-refractivity contribution is 0.0756. The average molecular weight is 206 g/mol. The molecule has 1 aromatic rings. The third kappa shape index (κ3) is 2.00. The van der Waals surface area contributed by atoms with Gasteiger partial charge in [0, 0.05) is 5.56 Å². The summed E-state index contributed by atoms with van der Waals surface area (Å²) in [6.45, 7) is 5.72. The Balaban J connectivity index is 2.47. The van der Waals surface area contributed by atoms with Crippen molar-refractivity contribution in [3.8, 4) is 5.75 Å². The molecule has 2 nitrogen and oxygen atoms in total. The first-order valence-electron chi connectivity index (χ1n) is 5.50. The summed E-state index contributed by atoms with van der Waals surface area (Å²) in [5.74, 6) is 0.938. The number of ether oxygens (including phenoxy) is 1. The van der Waals surface area contributed by atoms with Crippen molar-refractivity contribution in [2.24, 2.45) is 0 Å². The number of aliphatic hydroxyl groups is 1. The maximum atomic E-state index is 10.1. The van der Waals surface area contributed by atoms with Crippen molar-refractivity contribution < 1.29 is 9.84 Å². The highest BCUT2D eigenvalue weighted by Crippen LogP contribution is 2.35. The van der Waals surface area contributed by atoms with Gasteiger partial charge >= 0.3 is 0 Å². The summed E-state index contributed by atoms with van der Waals surface area (Å²) in [5.41, 5.74) is 1.38. The fourth-order valence-electron chi connectivity index (χ4n) is 2.13. The highest BCUT2D eigenvalue weighted by Gasteiger charge is 2.25. The molecule has 0 saturated carbocycles. The quantitative estimate of drug-likeness (QED) is 0.765. The van der Waals surface area contributed by atoms with E-state index in [1.807, 2.05) is 32.0 Å². The second-order valence-corrected chi connectivity index (χ2v) is 4.81. The Morgan fingerprint density at radius 1 is 1.40 bits per heavy atom. The van der Waals surface area contributed by atoms with Gasteiger partial charge in [0.05, 0.1) is 11.7 Å². The van der Waals surface area contributed by atoms with Gasteiger partial charge in [-0.25, -0.2) is 0 Å². The molecule has 1 unspecified atom stereocenters. The molecule has 1 aromatic carbocycles. The van der Waals surface area contributed by atoms with Crippen LogP contribution in [0.5, 0.6) is 5.75 Å². The zero-order valence-electron chi connectivity index (χ0n) is 9.58. The molecule has 0 amide bonds. The Morgan fingerprint density at radius 2 is 2.13 bits per heavy atom. The molecule has 0 fully saturated rings. The van der Waals surface area contributed by atoms with Crippen molar-refractivity contribution in [2.45, 2.75) is 45.3 Å².